The van der Waals surface area contributed by atoms with Crippen LogP contribution in [0.2, 0.25) is 0 Å². The Bertz CT molecular complexity index is 699. The topological polar surface area (TPSA) is 57.5 Å². The average Bonchev–Trinajstić information content (AvgIpc) is 2.47. The number of hydrogen-bond donors (Lipinski definition) is 2. The van der Waals surface area contributed by atoms with Gasteiger partial charge >= 0.3 is 5.97 Å². The molecule has 1 aromatic rings. The smallest absolute Gasteiger partial charge is 0.331 e. The molecule has 2 atom stereocenters. The zero-order valence-electron chi connectivity index (χ0n) is 14.4. The van der Waals surface area contributed by atoms with Crippen LogP contribution >= 0.6 is 0 Å². The maximum Gasteiger partial charge on any atom is 0.331 e. The van der Waals surface area contributed by atoms with E-state index in [4.69, 9.17) is 0 Å². The molecule has 1 aromatic carbocycles. The minimum absolute atomic E-state index is 0.0659. The Balaban J connectivity index is 2.12. The molecule has 0 saturated heterocycles. The van der Waals surface area contributed by atoms with Gasteiger partial charge in [0.05, 0.1) is 0 Å². The minimum atomic E-state index is -0.770. The van der Waals surface area contributed by atoms with E-state index in [0.717, 1.165) is 36.0 Å². The fourth-order valence-corrected chi connectivity index (χ4v) is 4.77. The summed E-state index contributed by atoms with van der Waals surface area (Å²) in [7, 11) is 0. The third-order valence-corrected chi connectivity index (χ3v) is 6.15. The van der Waals surface area contributed by atoms with Gasteiger partial charge in [-0.1, -0.05) is 38.5 Å². The summed E-state index contributed by atoms with van der Waals surface area (Å²) in [6.07, 6.45) is 3.19. The van der Waals surface area contributed by atoms with Crippen LogP contribution in [0.1, 0.15) is 69.6 Å². The number of aliphatic carboxylic acids is 1. The molecule has 0 radical (unpaired) electrons. The molecule has 3 nitrogen and oxygen atoms in total. The van der Waals surface area contributed by atoms with Gasteiger partial charge in [0.1, 0.15) is 5.75 Å². The Kier molecular flexibility index (Phi) is 3.78. The van der Waals surface area contributed by atoms with Crippen molar-refractivity contribution in [3.63, 3.8) is 0 Å². The highest BCUT2D eigenvalue weighted by Gasteiger charge is 2.45. The van der Waals surface area contributed by atoms with Crippen molar-refractivity contribution in [2.45, 2.75) is 64.7 Å². The van der Waals surface area contributed by atoms with Crippen LogP contribution in [0.25, 0.3) is 0 Å². The number of aromatic hydroxyl groups is 1. The van der Waals surface area contributed by atoms with Gasteiger partial charge in [0.25, 0.3) is 0 Å². The molecule has 0 saturated carbocycles. The van der Waals surface area contributed by atoms with Crippen molar-refractivity contribution in [3.05, 3.63) is 40.0 Å². The lowest BCUT2D eigenvalue weighted by atomic mass is 9.56. The van der Waals surface area contributed by atoms with Crippen molar-refractivity contribution in [2.75, 3.05) is 0 Å². The summed E-state index contributed by atoms with van der Waals surface area (Å²) in [5.41, 5.74) is 4.88. The fraction of sp³-hybridized carbons (Fsp3) is 0.550. The van der Waals surface area contributed by atoms with Gasteiger partial charge in [0, 0.05) is 5.57 Å². The monoisotopic (exact) mass is 314 g/mol. The lowest BCUT2D eigenvalue weighted by Gasteiger charge is -2.47. The number of phenolic OH excluding ortho intramolecular Hbond substituents is 1. The summed E-state index contributed by atoms with van der Waals surface area (Å²) in [6.45, 7) is 8.42. The van der Waals surface area contributed by atoms with Crippen LogP contribution in [0.15, 0.2) is 23.3 Å². The maximum atomic E-state index is 11.5. The Hall–Kier alpha value is -1.77. The average molecular weight is 314 g/mol. The highest BCUT2D eigenvalue weighted by Crippen LogP contribution is 2.53. The first kappa shape index (κ1) is 16.1. The van der Waals surface area contributed by atoms with E-state index >= 15 is 0 Å². The molecule has 2 N–H and O–H groups in total. The van der Waals surface area contributed by atoms with E-state index in [9.17, 15) is 15.0 Å². The van der Waals surface area contributed by atoms with E-state index in [2.05, 4.69) is 32.9 Å². The molecule has 3 rings (SSSR count). The highest BCUT2D eigenvalue weighted by molar-refractivity contribution is 5.88. The second kappa shape index (κ2) is 5.40. The van der Waals surface area contributed by atoms with E-state index in [1.165, 1.54) is 5.56 Å². The van der Waals surface area contributed by atoms with Crippen LogP contribution in [0.4, 0.5) is 0 Å². The quantitative estimate of drug-likeness (QED) is 0.843. The Morgan fingerprint density at radius 3 is 2.61 bits per heavy atom. The summed E-state index contributed by atoms with van der Waals surface area (Å²) in [5, 5.41) is 20.1. The summed E-state index contributed by atoms with van der Waals surface area (Å²) >= 11 is 0. The van der Waals surface area contributed by atoms with Crippen molar-refractivity contribution in [1.29, 1.82) is 0 Å². The first-order chi connectivity index (χ1) is 10.8. The van der Waals surface area contributed by atoms with Gasteiger partial charge in [-0.2, -0.15) is 0 Å². The van der Waals surface area contributed by atoms with Gasteiger partial charge in [-0.05, 0) is 66.5 Å². The van der Waals surface area contributed by atoms with E-state index in [1.54, 1.807) is 0 Å². The SMILES string of the molecule is CC1=C(C(=O)O)CC[C@]2(C)c3ccc(C(C)C)c(O)c3CC[C@H]12. The zero-order valence-corrected chi connectivity index (χ0v) is 14.4. The second-order valence-corrected chi connectivity index (χ2v) is 7.66. The van der Waals surface area contributed by atoms with Crippen molar-refractivity contribution < 1.29 is 15.0 Å². The summed E-state index contributed by atoms with van der Waals surface area (Å²) in [5.74, 6) is 0.257. The third-order valence-electron chi connectivity index (χ3n) is 6.15. The number of carboxylic acids is 1. The van der Waals surface area contributed by atoms with Crippen molar-refractivity contribution >= 4 is 5.97 Å². The predicted octanol–water partition coefficient (Wildman–Crippen LogP) is 4.53. The molecule has 0 aliphatic heterocycles. The summed E-state index contributed by atoms with van der Waals surface area (Å²) in [6, 6.07) is 4.23. The first-order valence-electron chi connectivity index (χ1n) is 8.55. The lowest BCUT2D eigenvalue weighted by molar-refractivity contribution is -0.133. The van der Waals surface area contributed by atoms with Crippen molar-refractivity contribution in [1.82, 2.24) is 0 Å². The normalized spacial score (nSPS) is 26.9. The van der Waals surface area contributed by atoms with Crippen molar-refractivity contribution in [3.8, 4) is 5.75 Å². The molecule has 2 aliphatic carbocycles. The van der Waals surface area contributed by atoms with Crippen molar-refractivity contribution in [2.24, 2.45) is 5.92 Å². The number of carbonyl (C=O) groups is 1. The Morgan fingerprint density at radius 1 is 1.30 bits per heavy atom. The summed E-state index contributed by atoms with van der Waals surface area (Å²) in [4.78, 5) is 11.5. The van der Waals surface area contributed by atoms with Crippen LogP contribution in [0, 0.1) is 5.92 Å². The van der Waals surface area contributed by atoms with Gasteiger partial charge in [-0.3, -0.25) is 0 Å². The predicted molar refractivity (Wildman–Crippen MR) is 90.9 cm³/mol. The number of carboxylic acid groups (broad SMARTS) is 1. The second-order valence-electron chi connectivity index (χ2n) is 7.66. The van der Waals surface area contributed by atoms with E-state index in [0.29, 0.717) is 23.7 Å². The van der Waals surface area contributed by atoms with Crippen LogP contribution in [-0.2, 0) is 16.6 Å². The first-order valence-corrected chi connectivity index (χ1v) is 8.55. The molecule has 124 valence electrons. The number of hydrogen-bond acceptors (Lipinski definition) is 2. The Morgan fingerprint density at radius 2 is 2.00 bits per heavy atom. The fourth-order valence-electron chi connectivity index (χ4n) is 4.77. The molecule has 0 aromatic heterocycles. The van der Waals surface area contributed by atoms with E-state index in [-0.39, 0.29) is 11.3 Å². The number of phenols is 1. The molecule has 2 aliphatic rings. The van der Waals surface area contributed by atoms with Gasteiger partial charge in [0.15, 0.2) is 0 Å². The van der Waals surface area contributed by atoms with Crippen LogP contribution in [0.5, 0.6) is 5.75 Å². The molecule has 0 unspecified atom stereocenters. The van der Waals surface area contributed by atoms with Gasteiger partial charge in [-0.25, -0.2) is 4.79 Å². The van der Waals surface area contributed by atoms with Crippen LogP contribution < -0.4 is 0 Å². The van der Waals surface area contributed by atoms with Crippen LogP contribution in [-0.4, -0.2) is 16.2 Å². The lowest BCUT2D eigenvalue weighted by Crippen LogP contribution is -2.41. The molecule has 0 amide bonds. The van der Waals surface area contributed by atoms with E-state index in [1.807, 2.05) is 6.92 Å². The van der Waals surface area contributed by atoms with Gasteiger partial charge in [-0.15, -0.1) is 0 Å². The molecule has 0 bridgehead atoms. The number of fused-ring (bicyclic) bond motifs is 3. The largest absolute Gasteiger partial charge is 0.507 e. The number of allylic oxidation sites excluding steroid dienone is 1. The zero-order chi connectivity index (χ0) is 16.9. The molecular weight excluding hydrogens is 288 g/mol. The minimum Gasteiger partial charge on any atom is -0.507 e. The maximum absolute atomic E-state index is 11.5. The highest BCUT2D eigenvalue weighted by atomic mass is 16.4. The molecular formula is C20H26O3. The third kappa shape index (κ3) is 2.29. The van der Waals surface area contributed by atoms with Gasteiger partial charge < -0.3 is 10.2 Å². The molecule has 0 fully saturated rings. The summed E-state index contributed by atoms with van der Waals surface area (Å²) < 4.78 is 0. The standard InChI is InChI=1S/C20H26O3/c1-11(2)13-5-8-17-15(18(13)21)6-7-16-12(3)14(19(22)23)9-10-20(16,17)4/h5,8,11,16,21H,6-7,9-10H2,1-4H3,(H,22,23)/t16-,20+/m1/s1. The number of benzene rings is 1. The van der Waals surface area contributed by atoms with Crippen LogP contribution in [0.3, 0.4) is 0 Å². The molecule has 0 spiro atoms. The molecule has 0 heterocycles. The Labute approximate surface area is 138 Å². The van der Waals surface area contributed by atoms with Gasteiger partial charge in [0.2, 0.25) is 0 Å². The van der Waals surface area contributed by atoms with E-state index < -0.39 is 5.97 Å². The molecule has 23 heavy (non-hydrogen) atoms. The molecule has 3 heteroatoms. The number of rotatable bonds is 2.